The second-order valence-corrected chi connectivity index (χ2v) is 15.1. The van der Waals surface area contributed by atoms with Gasteiger partial charge in [-0.1, -0.05) is 152 Å². The summed E-state index contributed by atoms with van der Waals surface area (Å²) in [7, 11) is 0. The number of rotatable bonds is 6. The van der Waals surface area contributed by atoms with Gasteiger partial charge in [0.1, 0.15) is 11.2 Å². The van der Waals surface area contributed by atoms with Gasteiger partial charge in [0.05, 0.1) is 5.69 Å². The van der Waals surface area contributed by atoms with Crippen molar-refractivity contribution < 1.29 is 4.42 Å². The largest absolute Gasteiger partial charge is 0.455 e. The van der Waals surface area contributed by atoms with Crippen LogP contribution in [0.25, 0.3) is 86.3 Å². The normalized spacial score (nSPS) is 11.6. The molecule has 11 aromatic rings. The third kappa shape index (κ3) is 5.32. The Morgan fingerprint density at radius 3 is 1.95 bits per heavy atom. The molecule has 2 heterocycles. The number of benzene rings is 9. The van der Waals surface area contributed by atoms with Crippen LogP contribution in [0.2, 0.25) is 0 Å². The zero-order valence-corrected chi connectivity index (χ0v) is 30.6. The van der Waals surface area contributed by atoms with Crippen molar-refractivity contribution in [2.45, 2.75) is 0 Å². The van der Waals surface area contributed by atoms with Crippen molar-refractivity contribution in [3.8, 4) is 33.4 Å². The molecule has 0 atom stereocenters. The minimum absolute atomic E-state index is 0.907. The minimum Gasteiger partial charge on any atom is -0.455 e. The second-order valence-electron chi connectivity index (χ2n) is 14.1. The van der Waals surface area contributed by atoms with Gasteiger partial charge in [-0.15, -0.1) is 11.3 Å². The van der Waals surface area contributed by atoms with Gasteiger partial charge in [-0.3, -0.25) is 0 Å². The molecular weight excluding hydrogens is 687 g/mol. The van der Waals surface area contributed by atoms with Crippen LogP contribution in [0.5, 0.6) is 0 Å². The third-order valence-corrected chi connectivity index (χ3v) is 12.1. The first-order valence-corrected chi connectivity index (χ1v) is 19.5. The van der Waals surface area contributed by atoms with Crippen molar-refractivity contribution in [1.29, 1.82) is 0 Å². The molecule has 0 aliphatic rings. The van der Waals surface area contributed by atoms with Gasteiger partial charge in [-0.2, -0.15) is 0 Å². The molecule has 0 unspecified atom stereocenters. The minimum atomic E-state index is 0.907. The molecule has 0 radical (unpaired) electrons. The highest BCUT2D eigenvalue weighted by atomic mass is 32.1. The molecule has 55 heavy (non-hydrogen) atoms. The molecule has 11 rings (SSSR count). The number of hydrogen-bond acceptors (Lipinski definition) is 3. The summed E-state index contributed by atoms with van der Waals surface area (Å²) in [5, 5.41) is 7.34. The van der Waals surface area contributed by atoms with E-state index in [0.717, 1.165) is 50.1 Å². The Hall–Kier alpha value is -6.94. The zero-order chi connectivity index (χ0) is 36.3. The maximum atomic E-state index is 6.45. The number of nitrogens with zero attached hydrogens (tertiary/aromatic N) is 1. The summed E-state index contributed by atoms with van der Waals surface area (Å²) in [6.07, 6.45) is 0. The Morgan fingerprint density at radius 2 is 1.04 bits per heavy atom. The van der Waals surface area contributed by atoms with E-state index in [4.69, 9.17) is 4.42 Å². The fourth-order valence-corrected chi connectivity index (χ4v) is 9.47. The lowest BCUT2D eigenvalue weighted by Gasteiger charge is -2.28. The van der Waals surface area contributed by atoms with Crippen LogP contribution >= 0.6 is 11.3 Å². The summed E-state index contributed by atoms with van der Waals surface area (Å²) in [6, 6.07) is 72.2. The number of para-hydroxylation sites is 3. The molecule has 2 aromatic heterocycles. The van der Waals surface area contributed by atoms with Crippen LogP contribution in [0.15, 0.2) is 205 Å². The average molecular weight is 720 g/mol. The number of furan rings is 1. The molecule has 9 aromatic carbocycles. The number of hydrogen-bond donors (Lipinski definition) is 0. The van der Waals surface area contributed by atoms with Crippen LogP contribution in [-0.4, -0.2) is 0 Å². The Labute approximate surface area is 322 Å². The topological polar surface area (TPSA) is 16.4 Å². The van der Waals surface area contributed by atoms with Crippen molar-refractivity contribution in [3.05, 3.63) is 200 Å². The highest BCUT2D eigenvalue weighted by molar-refractivity contribution is 7.26. The van der Waals surface area contributed by atoms with Gasteiger partial charge < -0.3 is 9.32 Å². The summed E-state index contributed by atoms with van der Waals surface area (Å²) in [6.45, 7) is 0. The molecule has 0 amide bonds. The maximum absolute atomic E-state index is 6.45. The van der Waals surface area contributed by atoms with Crippen LogP contribution in [0.4, 0.5) is 17.1 Å². The van der Waals surface area contributed by atoms with Crippen LogP contribution in [-0.2, 0) is 0 Å². The summed E-state index contributed by atoms with van der Waals surface area (Å²) < 4.78 is 9.05. The Bertz CT molecular complexity index is 3220. The van der Waals surface area contributed by atoms with E-state index in [9.17, 15) is 0 Å². The van der Waals surface area contributed by atoms with Crippen molar-refractivity contribution in [2.75, 3.05) is 4.90 Å². The fourth-order valence-electron chi connectivity index (χ4n) is 8.24. The van der Waals surface area contributed by atoms with Crippen molar-refractivity contribution in [1.82, 2.24) is 0 Å². The fraction of sp³-hybridized carbons (Fsp3) is 0. The molecule has 0 saturated heterocycles. The molecular formula is C52H33NOS. The highest BCUT2D eigenvalue weighted by Crippen LogP contribution is 2.47. The first kappa shape index (κ1) is 31.6. The van der Waals surface area contributed by atoms with E-state index in [2.05, 4.69) is 193 Å². The van der Waals surface area contributed by atoms with Gasteiger partial charge in [-0.25, -0.2) is 0 Å². The van der Waals surface area contributed by atoms with Crippen molar-refractivity contribution >= 4 is 81.3 Å². The van der Waals surface area contributed by atoms with E-state index in [1.165, 1.54) is 53.2 Å². The van der Waals surface area contributed by atoms with Crippen molar-refractivity contribution in [2.24, 2.45) is 0 Å². The van der Waals surface area contributed by atoms with E-state index in [1.54, 1.807) is 0 Å². The lowest BCUT2D eigenvalue weighted by atomic mass is 9.98. The lowest BCUT2D eigenvalue weighted by molar-refractivity contribution is 0.670. The van der Waals surface area contributed by atoms with Gasteiger partial charge in [0.15, 0.2) is 0 Å². The van der Waals surface area contributed by atoms with Gasteiger partial charge in [-0.05, 0) is 76.0 Å². The van der Waals surface area contributed by atoms with Gasteiger partial charge in [0, 0.05) is 59.0 Å². The highest BCUT2D eigenvalue weighted by Gasteiger charge is 2.21. The smallest absolute Gasteiger partial charge is 0.143 e. The maximum Gasteiger partial charge on any atom is 0.143 e. The average Bonchev–Trinajstić information content (AvgIpc) is 3.83. The van der Waals surface area contributed by atoms with Gasteiger partial charge in [0.25, 0.3) is 0 Å². The van der Waals surface area contributed by atoms with E-state index in [1.807, 2.05) is 23.5 Å². The lowest BCUT2D eigenvalue weighted by Crippen LogP contribution is -2.11. The second kappa shape index (κ2) is 12.9. The quantitative estimate of drug-likeness (QED) is 0.170. The van der Waals surface area contributed by atoms with Crippen LogP contribution in [0.3, 0.4) is 0 Å². The van der Waals surface area contributed by atoms with Crippen LogP contribution in [0.1, 0.15) is 0 Å². The van der Waals surface area contributed by atoms with Crippen molar-refractivity contribution in [3.63, 3.8) is 0 Å². The van der Waals surface area contributed by atoms with Crippen LogP contribution < -0.4 is 4.90 Å². The van der Waals surface area contributed by atoms with Crippen LogP contribution in [0, 0.1) is 0 Å². The molecule has 0 aliphatic carbocycles. The number of anilines is 3. The zero-order valence-electron chi connectivity index (χ0n) is 29.8. The molecule has 3 heteroatoms. The Kier molecular flexibility index (Phi) is 7.39. The summed E-state index contributed by atoms with van der Waals surface area (Å²) >= 11 is 1.87. The molecule has 258 valence electrons. The van der Waals surface area contributed by atoms with E-state index in [0.29, 0.717) is 0 Å². The molecule has 0 spiro atoms. The summed E-state index contributed by atoms with van der Waals surface area (Å²) in [5.41, 5.74) is 12.1. The van der Waals surface area contributed by atoms with E-state index >= 15 is 0 Å². The summed E-state index contributed by atoms with van der Waals surface area (Å²) in [5.74, 6) is 0. The molecule has 0 bridgehead atoms. The molecule has 0 aliphatic heterocycles. The molecule has 0 saturated carbocycles. The van der Waals surface area contributed by atoms with E-state index in [-0.39, 0.29) is 0 Å². The molecule has 0 N–H and O–H groups in total. The van der Waals surface area contributed by atoms with Gasteiger partial charge >= 0.3 is 0 Å². The van der Waals surface area contributed by atoms with E-state index < -0.39 is 0 Å². The third-order valence-electron chi connectivity index (χ3n) is 10.9. The first-order valence-electron chi connectivity index (χ1n) is 18.7. The monoisotopic (exact) mass is 719 g/mol. The summed E-state index contributed by atoms with van der Waals surface area (Å²) in [4.78, 5) is 2.41. The standard InChI is InChI=1S/C52H33NOS/c1-2-13-36-32-38(27-26-34(36)12-1)37-14-9-15-40(33-37)53(39-30-28-35(29-31-39)41-19-10-20-45-43-17-4-7-24-49(43)54-51(41)45)48-23-6-3-16-42(48)46-21-11-22-47-44-18-5-8-25-50(44)55-52(46)47/h1-33H. The predicted molar refractivity (Wildman–Crippen MR) is 235 cm³/mol. The number of thiophene rings is 1. The SMILES string of the molecule is c1cc(-c2ccc3ccccc3c2)cc(N(c2ccc(-c3cccc4c3oc3ccccc34)cc2)c2ccccc2-c2cccc3c2sc2ccccc23)c1. The number of fused-ring (bicyclic) bond motifs is 7. The molecule has 2 nitrogen and oxygen atoms in total. The Balaban J connectivity index is 1.09. The molecule has 0 fully saturated rings. The first-order chi connectivity index (χ1) is 27.3. The Morgan fingerprint density at radius 1 is 0.382 bits per heavy atom. The van der Waals surface area contributed by atoms with Gasteiger partial charge in [0.2, 0.25) is 0 Å². The predicted octanol–water partition coefficient (Wildman–Crippen LogP) is 15.6.